The molecule has 1 aromatic rings. The van der Waals surface area contributed by atoms with Crippen LogP contribution in [0.2, 0.25) is 0 Å². The zero-order valence-electron chi connectivity index (χ0n) is 9.35. The van der Waals surface area contributed by atoms with Gasteiger partial charge in [0.15, 0.2) is 0 Å². The van der Waals surface area contributed by atoms with Crippen LogP contribution < -0.4 is 0 Å². The Bertz CT molecular complexity index is 266. The average Bonchev–Trinajstić information content (AvgIpc) is 1.97. The van der Waals surface area contributed by atoms with Gasteiger partial charge >= 0.3 is 19.5 Å². The molecule has 1 aromatic carbocycles. The minimum absolute atomic E-state index is 0. The first-order valence-corrected chi connectivity index (χ1v) is 4.00. The van der Waals surface area contributed by atoms with Gasteiger partial charge in [0.1, 0.15) is 0 Å². The molecule has 0 unspecified atom stereocenters. The fraction of sp³-hybridized carbons (Fsp3) is 0.455. The van der Waals surface area contributed by atoms with E-state index >= 15 is 0 Å². The van der Waals surface area contributed by atoms with Gasteiger partial charge in [-0.25, -0.2) is 0 Å². The molecule has 0 aliphatic carbocycles. The van der Waals surface area contributed by atoms with Gasteiger partial charge in [0.2, 0.25) is 0 Å². The maximum Gasteiger partial charge on any atom is 1.00 e. The number of aryl methyl sites for hydroxylation is 2. The van der Waals surface area contributed by atoms with Crippen LogP contribution in [0.4, 0.5) is 0 Å². The smallest absolute Gasteiger partial charge is 1.00 e. The van der Waals surface area contributed by atoms with E-state index in [9.17, 15) is 0 Å². The Morgan fingerprint density at radius 3 is 1.42 bits per heavy atom. The summed E-state index contributed by atoms with van der Waals surface area (Å²) in [6.07, 6.45) is 0. The molecule has 0 amide bonds. The molecule has 0 nitrogen and oxygen atoms in total. The summed E-state index contributed by atoms with van der Waals surface area (Å²) in [4.78, 5) is 0. The van der Waals surface area contributed by atoms with Crippen LogP contribution in [0.3, 0.4) is 0 Å². The monoisotopic (exact) mass is 250 g/mol. The third kappa shape index (κ3) is 1.96. The Morgan fingerprint density at radius 2 is 1.08 bits per heavy atom. The van der Waals surface area contributed by atoms with Gasteiger partial charge in [-0.1, -0.05) is 34.6 Å². The molecule has 0 bridgehead atoms. The first kappa shape index (κ1) is 11.8. The van der Waals surface area contributed by atoms with Gasteiger partial charge in [0, 0.05) is 0 Å². The predicted octanol–water partition coefficient (Wildman–Crippen LogP) is 3.14. The third-order valence-corrected chi connectivity index (χ3v) is 2.62. The summed E-state index contributed by atoms with van der Waals surface area (Å²) in [7, 11) is 0. The molecule has 0 heterocycles. The van der Waals surface area contributed by atoms with Crippen molar-refractivity contribution in [2.45, 2.75) is 34.6 Å². The second kappa shape index (κ2) is 4.19. The second-order valence-electron chi connectivity index (χ2n) is 3.25. The summed E-state index contributed by atoms with van der Waals surface area (Å²) in [5.41, 5.74) is 6.75. The van der Waals surface area contributed by atoms with E-state index in [1.54, 1.807) is 0 Å². The normalized spacial score (nSPS) is 9.42. The molecule has 0 aromatic heterocycles. The summed E-state index contributed by atoms with van der Waals surface area (Å²) in [5, 5.41) is 0. The Balaban J connectivity index is 0. The van der Waals surface area contributed by atoms with Crippen molar-refractivity contribution >= 4 is 0 Å². The van der Waals surface area contributed by atoms with Gasteiger partial charge in [-0.15, -0.1) is 0 Å². The van der Waals surface area contributed by atoms with Gasteiger partial charge in [-0.2, -0.15) is 33.9 Å². The van der Waals surface area contributed by atoms with Crippen LogP contribution >= 0.6 is 0 Å². The van der Waals surface area contributed by atoms with Crippen molar-refractivity contribution in [3.05, 3.63) is 33.9 Å². The number of benzene rings is 1. The van der Waals surface area contributed by atoms with E-state index in [-0.39, 0.29) is 20.9 Å². The third-order valence-electron chi connectivity index (χ3n) is 2.62. The second-order valence-corrected chi connectivity index (χ2v) is 3.25. The van der Waals surface area contributed by atoms with Crippen molar-refractivity contribution in [2.75, 3.05) is 0 Å². The SMILES string of the molecule is Cc1[c-]c(C)c(C)c(C)c1C.[H-].[Ru+]. The Labute approximate surface area is 89.6 Å². The van der Waals surface area contributed by atoms with Gasteiger partial charge in [-0.05, 0) is 0 Å². The van der Waals surface area contributed by atoms with E-state index in [1.165, 1.54) is 27.8 Å². The number of rotatable bonds is 0. The van der Waals surface area contributed by atoms with E-state index in [4.69, 9.17) is 0 Å². The van der Waals surface area contributed by atoms with Crippen LogP contribution in [-0.2, 0) is 19.5 Å². The largest absolute Gasteiger partial charge is 1.00 e. The molecular weight excluding hydrogens is 233 g/mol. The molecule has 69 valence electrons. The molecule has 1 rings (SSSR count). The van der Waals surface area contributed by atoms with Crippen molar-refractivity contribution in [1.29, 1.82) is 0 Å². The zero-order chi connectivity index (χ0) is 8.59. The van der Waals surface area contributed by atoms with Crippen LogP contribution in [0.25, 0.3) is 0 Å². The van der Waals surface area contributed by atoms with Crippen LogP contribution in [0, 0.1) is 40.7 Å². The van der Waals surface area contributed by atoms with Gasteiger partial charge in [-0.3, -0.25) is 0 Å². The predicted molar refractivity (Wildman–Crippen MR) is 50.1 cm³/mol. The number of hydrogen-bond acceptors (Lipinski definition) is 0. The van der Waals surface area contributed by atoms with Gasteiger partial charge < -0.3 is 1.43 Å². The van der Waals surface area contributed by atoms with Crippen LogP contribution in [0.1, 0.15) is 29.2 Å². The van der Waals surface area contributed by atoms with Crippen molar-refractivity contribution < 1.29 is 20.9 Å². The summed E-state index contributed by atoms with van der Waals surface area (Å²) >= 11 is 0. The average molecular weight is 249 g/mol. The van der Waals surface area contributed by atoms with Crippen LogP contribution in [0.15, 0.2) is 0 Å². The van der Waals surface area contributed by atoms with E-state index in [2.05, 4.69) is 40.7 Å². The number of hydrogen-bond donors (Lipinski definition) is 0. The van der Waals surface area contributed by atoms with E-state index in [0.29, 0.717) is 0 Å². The van der Waals surface area contributed by atoms with Crippen molar-refractivity contribution in [2.24, 2.45) is 0 Å². The molecule has 0 saturated heterocycles. The zero-order valence-corrected chi connectivity index (χ0v) is 10.1. The maximum atomic E-state index is 3.35. The van der Waals surface area contributed by atoms with Crippen molar-refractivity contribution in [3.63, 3.8) is 0 Å². The van der Waals surface area contributed by atoms with Crippen molar-refractivity contribution in [3.8, 4) is 0 Å². The quantitative estimate of drug-likeness (QED) is 0.489. The molecule has 0 fully saturated rings. The molecule has 0 atom stereocenters. The summed E-state index contributed by atoms with van der Waals surface area (Å²) in [6.45, 7) is 10.7. The fourth-order valence-corrected chi connectivity index (χ4v) is 1.31. The Hall–Kier alpha value is -0.157. The minimum Gasteiger partial charge on any atom is -1.00 e. The molecule has 0 aliphatic rings. The molecule has 0 aliphatic heterocycles. The summed E-state index contributed by atoms with van der Waals surface area (Å²) in [6, 6.07) is 3.35. The fourth-order valence-electron chi connectivity index (χ4n) is 1.31. The topological polar surface area (TPSA) is 0 Å². The van der Waals surface area contributed by atoms with E-state index in [0.717, 1.165) is 0 Å². The standard InChI is InChI=1S/C11H15.Ru.H/c1-7-6-8(2)10(4)11(5)9(7)3;;/h1-5H3;;/q-1;+1;-1. The molecular formula is C11H16Ru-. The Kier molecular flexibility index (Phi) is 4.13. The maximum absolute atomic E-state index is 3.35. The molecule has 0 saturated carbocycles. The molecule has 12 heavy (non-hydrogen) atoms. The Morgan fingerprint density at radius 1 is 0.750 bits per heavy atom. The molecule has 1 radical (unpaired) electrons. The molecule has 0 N–H and O–H groups in total. The molecule has 0 spiro atoms. The van der Waals surface area contributed by atoms with E-state index < -0.39 is 0 Å². The summed E-state index contributed by atoms with van der Waals surface area (Å²) < 4.78 is 0. The van der Waals surface area contributed by atoms with Gasteiger partial charge in [0.05, 0.1) is 0 Å². The minimum atomic E-state index is 0. The van der Waals surface area contributed by atoms with Crippen molar-refractivity contribution in [1.82, 2.24) is 0 Å². The van der Waals surface area contributed by atoms with Gasteiger partial charge in [0.25, 0.3) is 0 Å². The summed E-state index contributed by atoms with van der Waals surface area (Å²) in [5.74, 6) is 0. The van der Waals surface area contributed by atoms with Crippen LogP contribution in [-0.4, -0.2) is 0 Å². The first-order chi connectivity index (χ1) is 5.04. The molecule has 1 heteroatoms. The first-order valence-electron chi connectivity index (χ1n) is 4.00. The van der Waals surface area contributed by atoms with Crippen LogP contribution in [0.5, 0.6) is 0 Å². The van der Waals surface area contributed by atoms with E-state index in [1.807, 2.05) is 0 Å².